The molecule has 1 saturated heterocycles. The zero-order chi connectivity index (χ0) is 18.0. The molecule has 2 amide bonds. The van der Waals surface area contributed by atoms with Crippen LogP contribution in [0.3, 0.4) is 0 Å². The lowest BCUT2D eigenvalue weighted by molar-refractivity contribution is -0.117. The lowest BCUT2D eigenvalue weighted by Crippen LogP contribution is -2.35. The van der Waals surface area contributed by atoms with Crippen LogP contribution in [0.2, 0.25) is 5.02 Å². The number of carbonyl (C=O) groups is 2. The Morgan fingerprint density at radius 1 is 1.20 bits per heavy atom. The summed E-state index contributed by atoms with van der Waals surface area (Å²) < 4.78 is 5.54. The Morgan fingerprint density at radius 2 is 1.96 bits per heavy atom. The normalized spacial score (nSPS) is 15.6. The Morgan fingerprint density at radius 3 is 2.68 bits per heavy atom. The van der Waals surface area contributed by atoms with Gasteiger partial charge in [-0.15, -0.1) is 0 Å². The van der Waals surface area contributed by atoms with E-state index in [1.54, 1.807) is 36.4 Å². The number of ether oxygens (including phenoxy) is 1. The second kappa shape index (κ2) is 6.99. The third kappa shape index (κ3) is 3.37. The van der Waals surface area contributed by atoms with Crippen LogP contribution in [0.1, 0.15) is 18.1 Å². The van der Waals surface area contributed by atoms with Crippen LogP contribution in [-0.2, 0) is 9.59 Å². The number of hydrogen-bond donors (Lipinski definition) is 1. The number of hydrogen-bond acceptors (Lipinski definition) is 3. The summed E-state index contributed by atoms with van der Waals surface area (Å²) in [7, 11) is 0. The molecule has 1 aliphatic rings. The van der Waals surface area contributed by atoms with Crippen molar-refractivity contribution in [3.8, 4) is 5.75 Å². The minimum Gasteiger partial charge on any atom is -0.493 e. The summed E-state index contributed by atoms with van der Waals surface area (Å²) in [6, 6.07) is 12.4. The monoisotopic (exact) mass is 356 g/mol. The highest BCUT2D eigenvalue weighted by molar-refractivity contribution is 6.33. The third-order valence-electron chi connectivity index (χ3n) is 3.82. The highest BCUT2D eigenvalue weighted by atomic mass is 35.5. The van der Waals surface area contributed by atoms with Crippen LogP contribution in [0.25, 0.3) is 6.08 Å². The van der Waals surface area contributed by atoms with Crippen molar-refractivity contribution < 1.29 is 14.3 Å². The minimum absolute atomic E-state index is 0.0452. The SMILES string of the molecule is CCOc1ccccc1/C=C1/C(=O)NN(c2ccc(C)c(Cl)c2)C1=O. The maximum Gasteiger partial charge on any atom is 0.282 e. The lowest BCUT2D eigenvalue weighted by atomic mass is 10.1. The molecule has 1 N–H and O–H groups in total. The number of hydrazine groups is 1. The molecular weight excluding hydrogens is 340 g/mol. The van der Waals surface area contributed by atoms with Crippen molar-refractivity contribution >= 4 is 35.2 Å². The number of aryl methyl sites for hydroxylation is 1. The van der Waals surface area contributed by atoms with Gasteiger partial charge in [-0.2, -0.15) is 0 Å². The number of benzene rings is 2. The van der Waals surface area contributed by atoms with Crippen LogP contribution in [0.15, 0.2) is 48.0 Å². The van der Waals surface area contributed by atoms with Crippen LogP contribution in [0.4, 0.5) is 5.69 Å². The average molecular weight is 357 g/mol. The van der Waals surface area contributed by atoms with Gasteiger partial charge in [-0.1, -0.05) is 35.9 Å². The largest absolute Gasteiger partial charge is 0.493 e. The number of amides is 2. The van der Waals surface area contributed by atoms with E-state index >= 15 is 0 Å². The fourth-order valence-corrected chi connectivity index (χ4v) is 2.68. The topological polar surface area (TPSA) is 58.6 Å². The number of rotatable bonds is 4. The second-order valence-corrected chi connectivity index (χ2v) is 5.95. The van der Waals surface area contributed by atoms with E-state index in [4.69, 9.17) is 16.3 Å². The predicted octanol–water partition coefficient (Wildman–Crippen LogP) is 3.51. The second-order valence-electron chi connectivity index (χ2n) is 5.54. The van der Waals surface area contributed by atoms with E-state index in [0.29, 0.717) is 28.6 Å². The van der Waals surface area contributed by atoms with E-state index in [0.717, 1.165) is 5.56 Å². The van der Waals surface area contributed by atoms with Gasteiger partial charge in [0.15, 0.2) is 0 Å². The molecule has 2 aromatic rings. The Kier molecular flexibility index (Phi) is 4.76. The van der Waals surface area contributed by atoms with Gasteiger partial charge >= 0.3 is 0 Å². The molecule has 0 unspecified atom stereocenters. The summed E-state index contributed by atoms with van der Waals surface area (Å²) >= 11 is 6.12. The van der Waals surface area contributed by atoms with E-state index in [2.05, 4.69) is 5.43 Å². The summed E-state index contributed by atoms with van der Waals surface area (Å²) in [5.41, 5.74) is 4.69. The molecule has 0 radical (unpaired) electrons. The number of nitrogens with zero attached hydrogens (tertiary/aromatic N) is 1. The highest BCUT2D eigenvalue weighted by Gasteiger charge is 2.34. The Hall–Kier alpha value is -2.79. The van der Waals surface area contributed by atoms with Crippen molar-refractivity contribution in [2.45, 2.75) is 13.8 Å². The van der Waals surface area contributed by atoms with Crippen molar-refractivity contribution in [1.29, 1.82) is 0 Å². The first-order valence-electron chi connectivity index (χ1n) is 7.86. The average Bonchev–Trinajstić information content (AvgIpc) is 2.87. The molecule has 0 saturated carbocycles. The first-order chi connectivity index (χ1) is 12.0. The van der Waals surface area contributed by atoms with Gasteiger partial charge in [0.1, 0.15) is 11.3 Å². The molecular formula is C19H17ClN2O3. The number of halogens is 1. The summed E-state index contributed by atoms with van der Waals surface area (Å²) in [5, 5.41) is 1.72. The van der Waals surface area contributed by atoms with Gasteiger partial charge in [-0.25, -0.2) is 5.01 Å². The van der Waals surface area contributed by atoms with E-state index in [9.17, 15) is 9.59 Å². The van der Waals surface area contributed by atoms with Crippen LogP contribution in [0.5, 0.6) is 5.75 Å². The molecule has 1 heterocycles. The maximum absolute atomic E-state index is 12.7. The van der Waals surface area contributed by atoms with E-state index in [1.807, 2.05) is 26.0 Å². The molecule has 0 spiro atoms. The van der Waals surface area contributed by atoms with Crippen LogP contribution in [0, 0.1) is 6.92 Å². The smallest absolute Gasteiger partial charge is 0.282 e. The fourth-order valence-electron chi connectivity index (χ4n) is 2.50. The lowest BCUT2D eigenvalue weighted by Gasteiger charge is -2.15. The summed E-state index contributed by atoms with van der Waals surface area (Å²) in [6.45, 7) is 4.24. The van der Waals surface area contributed by atoms with Crippen LogP contribution in [-0.4, -0.2) is 18.4 Å². The van der Waals surface area contributed by atoms with Crippen LogP contribution >= 0.6 is 11.6 Å². The Labute approximate surface area is 150 Å². The predicted molar refractivity (Wildman–Crippen MR) is 97.4 cm³/mol. The van der Waals surface area contributed by atoms with E-state index in [1.165, 1.54) is 5.01 Å². The fraction of sp³-hybridized carbons (Fsp3) is 0.158. The van der Waals surface area contributed by atoms with E-state index < -0.39 is 11.8 Å². The molecule has 0 bridgehead atoms. The van der Waals surface area contributed by atoms with Gasteiger partial charge in [0.25, 0.3) is 11.8 Å². The van der Waals surface area contributed by atoms with Gasteiger partial charge in [-0.3, -0.25) is 15.0 Å². The molecule has 3 rings (SSSR count). The van der Waals surface area contributed by atoms with Gasteiger partial charge in [0.2, 0.25) is 0 Å². The first-order valence-corrected chi connectivity index (χ1v) is 8.24. The van der Waals surface area contributed by atoms with Gasteiger partial charge in [0, 0.05) is 10.6 Å². The highest BCUT2D eigenvalue weighted by Crippen LogP contribution is 2.27. The molecule has 1 aliphatic heterocycles. The molecule has 1 fully saturated rings. The standard InChI is InChI=1S/C19H17ClN2O3/c1-3-25-17-7-5-4-6-13(17)10-15-18(23)21-22(19(15)24)14-9-8-12(2)16(20)11-14/h4-11H,3H2,1-2H3,(H,21,23)/b15-10-. The zero-order valence-corrected chi connectivity index (χ0v) is 14.6. The van der Waals surface area contributed by atoms with Gasteiger partial charge in [0.05, 0.1) is 12.3 Å². The third-order valence-corrected chi connectivity index (χ3v) is 4.23. The quantitative estimate of drug-likeness (QED) is 0.673. The molecule has 0 aliphatic carbocycles. The molecule has 6 heteroatoms. The number of nitrogens with one attached hydrogen (secondary N) is 1. The van der Waals surface area contributed by atoms with Crippen molar-refractivity contribution in [1.82, 2.24) is 5.43 Å². The van der Waals surface area contributed by atoms with Crippen molar-refractivity contribution in [2.75, 3.05) is 11.6 Å². The molecule has 2 aromatic carbocycles. The molecule has 0 aromatic heterocycles. The molecule has 128 valence electrons. The summed E-state index contributed by atoms with van der Waals surface area (Å²) in [6.07, 6.45) is 1.54. The maximum atomic E-state index is 12.7. The first kappa shape index (κ1) is 17.0. The molecule has 0 atom stereocenters. The number of carbonyl (C=O) groups excluding carboxylic acids is 2. The minimum atomic E-state index is -0.465. The Balaban J connectivity index is 1.95. The number of para-hydroxylation sites is 1. The number of anilines is 1. The molecule has 25 heavy (non-hydrogen) atoms. The van der Waals surface area contributed by atoms with E-state index in [-0.39, 0.29) is 5.57 Å². The van der Waals surface area contributed by atoms with Crippen molar-refractivity contribution in [2.24, 2.45) is 0 Å². The van der Waals surface area contributed by atoms with Gasteiger partial charge in [-0.05, 0) is 43.7 Å². The Bertz CT molecular complexity index is 877. The van der Waals surface area contributed by atoms with Crippen LogP contribution < -0.4 is 15.2 Å². The van der Waals surface area contributed by atoms with Crippen molar-refractivity contribution in [3.05, 3.63) is 64.2 Å². The summed E-state index contributed by atoms with van der Waals surface area (Å²) in [5.74, 6) is -0.279. The zero-order valence-electron chi connectivity index (χ0n) is 13.9. The van der Waals surface area contributed by atoms with Gasteiger partial charge < -0.3 is 4.74 Å². The summed E-state index contributed by atoms with van der Waals surface area (Å²) in [4.78, 5) is 25.0. The molecule has 5 nitrogen and oxygen atoms in total. The van der Waals surface area contributed by atoms with Crippen molar-refractivity contribution in [3.63, 3.8) is 0 Å².